The van der Waals surface area contributed by atoms with Crippen molar-refractivity contribution in [3.05, 3.63) is 29.8 Å². The molecule has 0 atom stereocenters. The second-order valence-electron chi connectivity index (χ2n) is 3.34. The molecule has 0 saturated carbocycles. The monoisotopic (exact) mass is 177 g/mol. The molecule has 70 valence electrons. The smallest absolute Gasteiger partial charge is 0.116 e. The zero-order chi connectivity index (χ0) is 8.93. The predicted molar refractivity (Wildman–Crippen MR) is 53.8 cm³/mol. The van der Waals surface area contributed by atoms with Crippen molar-refractivity contribution in [1.82, 2.24) is 0 Å². The Hall–Kier alpha value is -1.02. The first-order valence-electron chi connectivity index (χ1n) is 4.86. The van der Waals surface area contributed by atoms with Gasteiger partial charge in [-0.1, -0.05) is 18.2 Å². The van der Waals surface area contributed by atoms with Gasteiger partial charge < -0.3 is 10.1 Å². The van der Waals surface area contributed by atoms with Gasteiger partial charge in [-0.2, -0.15) is 0 Å². The fourth-order valence-electron chi connectivity index (χ4n) is 1.63. The van der Waals surface area contributed by atoms with Gasteiger partial charge in [0.2, 0.25) is 0 Å². The molecule has 1 aliphatic heterocycles. The molecule has 2 rings (SSSR count). The highest BCUT2D eigenvalue weighted by molar-refractivity contribution is 5.50. The van der Waals surface area contributed by atoms with Gasteiger partial charge in [0.05, 0.1) is 0 Å². The minimum absolute atomic E-state index is 0.636. The summed E-state index contributed by atoms with van der Waals surface area (Å²) in [6.07, 6.45) is 3.54. The number of para-hydroxylation sites is 1. The normalized spacial score (nSPS) is 17.5. The number of hydrogen-bond acceptors (Lipinski definition) is 2. The van der Waals surface area contributed by atoms with E-state index in [0.29, 0.717) is 6.73 Å². The number of anilines is 1. The molecule has 1 aromatic rings. The van der Waals surface area contributed by atoms with E-state index in [9.17, 15) is 0 Å². The maximum absolute atomic E-state index is 5.40. The van der Waals surface area contributed by atoms with Crippen LogP contribution in [-0.4, -0.2) is 13.3 Å². The molecule has 1 aromatic carbocycles. The lowest BCUT2D eigenvalue weighted by molar-refractivity contribution is 0.149. The first kappa shape index (κ1) is 8.57. The van der Waals surface area contributed by atoms with E-state index < -0.39 is 0 Å². The number of benzene rings is 1. The summed E-state index contributed by atoms with van der Waals surface area (Å²) in [5, 5.41) is 3.28. The van der Waals surface area contributed by atoms with Gasteiger partial charge in [0.25, 0.3) is 0 Å². The summed E-state index contributed by atoms with van der Waals surface area (Å²) in [7, 11) is 0. The quantitative estimate of drug-likeness (QED) is 0.657. The van der Waals surface area contributed by atoms with Crippen LogP contribution in [0.5, 0.6) is 0 Å². The SMILES string of the molecule is c1ccc2c(c1)CCCCOCN2. The van der Waals surface area contributed by atoms with E-state index in [1.165, 1.54) is 17.7 Å². The summed E-state index contributed by atoms with van der Waals surface area (Å²) >= 11 is 0. The summed E-state index contributed by atoms with van der Waals surface area (Å²) in [4.78, 5) is 0. The highest BCUT2D eigenvalue weighted by Gasteiger charge is 2.03. The van der Waals surface area contributed by atoms with Crippen LogP contribution in [0.4, 0.5) is 5.69 Å². The number of nitrogens with one attached hydrogen (secondary N) is 1. The molecule has 13 heavy (non-hydrogen) atoms. The van der Waals surface area contributed by atoms with Crippen LogP contribution in [0.25, 0.3) is 0 Å². The van der Waals surface area contributed by atoms with Crippen LogP contribution in [0, 0.1) is 0 Å². The number of aryl methyl sites for hydroxylation is 1. The fraction of sp³-hybridized carbons (Fsp3) is 0.455. The molecule has 2 heteroatoms. The van der Waals surface area contributed by atoms with E-state index in [-0.39, 0.29) is 0 Å². The minimum Gasteiger partial charge on any atom is -0.362 e. The van der Waals surface area contributed by atoms with Crippen molar-refractivity contribution in [3.63, 3.8) is 0 Å². The number of fused-ring (bicyclic) bond motifs is 1. The lowest BCUT2D eigenvalue weighted by atomic mass is 10.1. The maximum atomic E-state index is 5.40. The molecule has 0 bridgehead atoms. The Bertz CT molecular complexity index is 246. The van der Waals surface area contributed by atoms with Crippen LogP contribution in [-0.2, 0) is 11.2 Å². The van der Waals surface area contributed by atoms with Crippen molar-refractivity contribution in [2.45, 2.75) is 19.3 Å². The molecule has 0 fully saturated rings. The first-order chi connectivity index (χ1) is 6.47. The molecule has 1 heterocycles. The van der Waals surface area contributed by atoms with Gasteiger partial charge in [0.15, 0.2) is 0 Å². The number of ether oxygens (including phenoxy) is 1. The Morgan fingerprint density at radius 3 is 3.08 bits per heavy atom. The second kappa shape index (κ2) is 4.28. The van der Waals surface area contributed by atoms with Gasteiger partial charge in [0, 0.05) is 12.3 Å². The minimum atomic E-state index is 0.636. The van der Waals surface area contributed by atoms with E-state index in [1.807, 2.05) is 0 Å². The van der Waals surface area contributed by atoms with Crippen molar-refractivity contribution in [2.24, 2.45) is 0 Å². The van der Waals surface area contributed by atoms with Gasteiger partial charge in [-0.25, -0.2) is 0 Å². The van der Waals surface area contributed by atoms with Crippen molar-refractivity contribution < 1.29 is 4.74 Å². The van der Waals surface area contributed by atoms with E-state index in [4.69, 9.17) is 4.74 Å². The van der Waals surface area contributed by atoms with Gasteiger partial charge in [-0.05, 0) is 30.9 Å². The lowest BCUT2D eigenvalue weighted by Crippen LogP contribution is -2.06. The average molecular weight is 177 g/mol. The van der Waals surface area contributed by atoms with Gasteiger partial charge in [-0.3, -0.25) is 0 Å². The molecule has 2 nitrogen and oxygen atoms in total. The van der Waals surface area contributed by atoms with E-state index in [2.05, 4.69) is 29.6 Å². The Balaban J connectivity index is 2.17. The molecule has 0 aromatic heterocycles. The zero-order valence-corrected chi connectivity index (χ0v) is 7.75. The average Bonchev–Trinajstić information content (AvgIpc) is 2.28. The molecule has 0 saturated heterocycles. The van der Waals surface area contributed by atoms with E-state index in [1.54, 1.807) is 0 Å². The third-order valence-corrected chi connectivity index (χ3v) is 2.37. The van der Waals surface area contributed by atoms with Crippen molar-refractivity contribution in [2.75, 3.05) is 18.7 Å². The molecular weight excluding hydrogens is 162 g/mol. The summed E-state index contributed by atoms with van der Waals surface area (Å²) < 4.78 is 5.40. The van der Waals surface area contributed by atoms with Crippen LogP contribution in [0.2, 0.25) is 0 Å². The summed E-state index contributed by atoms with van der Waals surface area (Å²) in [5.41, 5.74) is 2.64. The van der Waals surface area contributed by atoms with Crippen LogP contribution in [0.1, 0.15) is 18.4 Å². The van der Waals surface area contributed by atoms with Crippen LogP contribution in [0.15, 0.2) is 24.3 Å². The van der Waals surface area contributed by atoms with E-state index in [0.717, 1.165) is 19.4 Å². The Morgan fingerprint density at radius 2 is 2.08 bits per heavy atom. The van der Waals surface area contributed by atoms with Gasteiger partial charge in [0.1, 0.15) is 6.73 Å². The summed E-state index contributed by atoms with van der Waals surface area (Å²) in [6.45, 7) is 1.51. The molecule has 0 amide bonds. The standard InChI is InChI=1S/C11H15NO/c1-2-7-11-10(5-1)6-3-4-8-13-9-12-11/h1-2,5,7,12H,3-4,6,8-9H2. The zero-order valence-electron chi connectivity index (χ0n) is 7.75. The molecule has 1 N–H and O–H groups in total. The third kappa shape index (κ3) is 2.22. The highest BCUT2D eigenvalue weighted by atomic mass is 16.5. The molecule has 0 radical (unpaired) electrons. The van der Waals surface area contributed by atoms with Crippen molar-refractivity contribution in [3.8, 4) is 0 Å². The Morgan fingerprint density at radius 1 is 1.15 bits per heavy atom. The third-order valence-electron chi connectivity index (χ3n) is 2.37. The van der Waals surface area contributed by atoms with Crippen LogP contribution >= 0.6 is 0 Å². The molecule has 1 aliphatic rings. The topological polar surface area (TPSA) is 21.3 Å². The summed E-state index contributed by atoms with van der Waals surface area (Å²) in [5.74, 6) is 0. The van der Waals surface area contributed by atoms with E-state index >= 15 is 0 Å². The summed E-state index contributed by atoms with van der Waals surface area (Å²) in [6, 6.07) is 8.46. The maximum Gasteiger partial charge on any atom is 0.116 e. The Kier molecular flexibility index (Phi) is 2.82. The fourth-order valence-corrected chi connectivity index (χ4v) is 1.63. The van der Waals surface area contributed by atoms with Crippen molar-refractivity contribution >= 4 is 5.69 Å². The number of rotatable bonds is 0. The van der Waals surface area contributed by atoms with Gasteiger partial charge >= 0.3 is 0 Å². The Labute approximate surface area is 78.9 Å². The largest absolute Gasteiger partial charge is 0.362 e. The predicted octanol–water partition coefficient (Wildman–Crippen LogP) is 2.41. The first-order valence-corrected chi connectivity index (χ1v) is 4.86. The molecular formula is C11H15NO. The molecule has 0 spiro atoms. The van der Waals surface area contributed by atoms with Crippen molar-refractivity contribution in [1.29, 1.82) is 0 Å². The molecule has 0 unspecified atom stereocenters. The highest BCUT2D eigenvalue weighted by Crippen LogP contribution is 2.18. The van der Waals surface area contributed by atoms with Crippen LogP contribution in [0.3, 0.4) is 0 Å². The number of hydrogen-bond donors (Lipinski definition) is 1. The van der Waals surface area contributed by atoms with Crippen LogP contribution < -0.4 is 5.32 Å². The van der Waals surface area contributed by atoms with Gasteiger partial charge in [-0.15, -0.1) is 0 Å². The lowest BCUT2D eigenvalue weighted by Gasteiger charge is -2.08. The second-order valence-corrected chi connectivity index (χ2v) is 3.34. The molecule has 0 aliphatic carbocycles.